The van der Waals surface area contributed by atoms with E-state index in [1.54, 1.807) is 12.1 Å². The maximum absolute atomic E-state index is 10.8. The summed E-state index contributed by atoms with van der Waals surface area (Å²) in [7, 11) is 0. The quantitative estimate of drug-likeness (QED) is 0.535. The topological polar surface area (TPSA) is 106 Å². The molecule has 4 rings (SSSR count). The number of hydrogen-bond acceptors (Lipinski definition) is 7. The number of hydrogen-bond donors (Lipinski definition) is 1. The van der Waals surface area contributed by atoms with E-state index in [0.717, 1.165) is 16.7 Å². The molecule has 3 aromatic rings. The number of rotatable bonds is 5. The van der Waals surface area contributed by atoms with E-state index in [4.69, 9.17) is 4.52 Å². The molecule has 1 saturated heterocycles. The Labute approximate surface area is 161 Å². The van der Waals surface area contributed by atoms with Gasteiger partial charge < -0.3 is 9.63 Å². The van der Waals surface area contributed by atoms with Crippen LogP contribution in [0.25, 0.3) is 11.4 Å². The van der Waals surface area contributed by atoms with Crippen molar-refractivity contribution in [2.75, 3.05) is 6.54 Å². The zero-order chi connectivity index (χ0) is 19.7. The lowest BCUT2D eigenvalue weighted by Gasteiger charge is -2.21. The Morgan fingerprint density at radius 2 is 2.07 bits per heavy atom. The Morgan fingerprint density at radius 1 is 1.29 bits per heavy atom. The van der Waals surface area contributed by atoms with Gasteiger partial charge in [-0.15, -0.1) is 0 Å². The summed E-state index contributed by atoms with van der Waals surface area (Å²) < 4.78 is 5.51. The normalized spacial score (nSPS) is 19.8. The van der Waals surface area contributed by atoms with Gasteiger partial charge in [0, 0.05) is 30.8 Å². The highest BCUT2D eigenvalue weighted by atomic mass is 16.6. The van der Waals surface area contributed by atoms with Gasteiger partial charge >= 0.3 is 0 Å². The Balaban J connectivity index is 1.54. The van der Waals surface area contributed by atoms with Crippen molar-refractivity contribution < 1.29 is 14.6 Å². The van der Waals surface area contributed by atoms with Gasteiger partial charge in [0.25, 0.3) is 5.69 Å². The average molecular weight is 380 g/mol. The minimum absolute atomic E-state index is 0.0569. The molecule has 8 nitrogen and oxygen atoms in total. The molecular weight excluding hydrogens is 360 g/mol. The first-order valence-electron chi connectivity index (χ1n) is 9.05. The molecule has 1 aliphatic heterocycles. The van der Waals surface area contributed by atoms with Gasteiger partial charge in [0.1, 0.15) is 0 Å². The molecule has 2 atom stereocenters. The minimum Gasteiger partial charge on any atom is -0.392 e. The molecule has 1 aliphatic rings. The molecule has 0 spiro atoms. The van der Waals surface area contributed by atoms with Crippen molar-refractivity contribution in [2.24, 2.45) is 0 Å². The standard InChI is InChI=1S/C20H20N4O4/c1-13-3-2-4-15(9-13)19-21-20(28-22-19)18-10-17(25)12-23(18)11-14-5-7-16(8-6-14)24(26)27/h2-9,17-18,25H,10-12H2,1H3/t17-,18+/m1/s1. The highest BCUT2D eigenvalue weighted by Crippen LogP contribution is 2.33. The number of β-amino-alcohol motifs (C(OH)–C–C–N with tert-alkyl or cyclic N) is 1. The summed E-state index contributed by atoms with van der Waals surface area (Å²) in [6.45, 7) is 3.01. The van der Waals surface area contributed by atoms with Gasteiger partial charge in [-0.05, 0) is 25.0 Å². The monoisotopic (exact) mass is 380 g/mol. The van der Waals surface area contributed by atoms with Gasteiger partial charge in [0.2, 0.25) is 11.7 Å². The smallest absolute Gasteiger partial charge is 0.269 e. The number of nitrogens with zero attached hydrogens (tertiary/aromatic N) is 4. The Morgan fingerprint density at radius 3 is 2.79 bits per heavy atom. The van der Waals surface area contributed by atoms with Gasteiger partial charge in [-0.1, -0.05) is 41.1 Å². The third kappa shape index (κ3) is 3.78. The molecule has 8 heteroatoms. The predicted molar refractivity (Wildman–Crippen MR) is 101 cm³/mol. The van der Waals surface area contributed by atoms with Crippen molar-refractivity contribution in [2.45, 2.75) is 32.0 Å². The molecule has 0 radical (unpaired) electrons. The van der Waals surface area contributed by atoms with Crippen molar-refractivity contribution in [3.05, 3.63) is 75.7 Å². The molecule has 1 fully saturated rings. The molecule has 144 valence electrons. The van der Waals surface area contributed by atoms with Gasteiger partial charge in [0.05, 0.1) is 17.1 Å². The van der Waals surface area contributed by atoms with Crippen LogP contribution in [0.15, 0.2) is 53.1 Å². The van der Waals surface area contributed by atoms with E-state index in [9.17, 15) is 15.2 Å². The summed E-state index contributed by atoms with van der Waals surface area (Å²) in [4.78, 5) is 17.0. The number of non-ortho nitro benzene ring substituents is 1. The number of benzene rings is 2. The molecule has 2 aromatic carbocycles. The number of nitro groups is 1. The third-order valence-corrected chi connectivity index (χ3v) is 4.92. The van der Waals surface area contributed by atoms with E-state index in [1.165, 1.54) is 12.1 Å². The molecule has 28 heavy (non-hydrogen) atoms. The highest BCUT2D eigenvalue weighted by Gasteiger charge is 2.36. The summed E-state index contributed by atoms with van der Waals surface area (Å²) >= 11 is 0. The van der Waals surface area contributed by atoms with E-state index in [2.05, 4.69) is 15.0 Å². The predicted octanol–water partition coefficient (Wildman–Crippen LogP) is 3.26. The van der Waals surface area contributed by atoms with Gasteiger partial charge in [-0.3, -0.25) is 15.0 Å². The fourth-order valence-corrected chi connectivity index (χ4v) is 3.54. The number of aliphatic hydroxyl groups excluding tert-OH is 1. The second-order valence-corrected chi connectivity index (χ2v) is 7.08. The van der Waals surface area contributed by atoms with Crippen molar-refractivity contribution >= 4 is 5.69 Å². The Bertz CT molecular complexity index is 986. The molecule has 0 unspecified atom stereocenters. The van der Waals surface area contributed by atoms with Crippen LogP contribution < -0.4 is 0 Å². The van der Waals surface area contributed by atoms with E-state index < -0.39 is 11.0 Å². The molecule has 0 amide bonds. The largest absolute Gasteiger partial charge is 0.392 e. The van der Waals surface area contributed by atoms with Gasteiger partial charge in [-0.2, -0.15) is 4.98 Å². The fourth-order valence-electron chi connectivity index (χ4n) is 3.54. The molecule has 1 N–H and O–H groups in total. The van der Waals surface area contributed by atoms with Crippen LogP contribution >= 0.6 is 0 Å². The lowest BCUT2D eigenvalue weighted by atomic mass is 10.1. The zero-order valence-electron chi connectivity index (χ0n) is 15.4. The maximum Gasteiger partial charge on any atom is 0.269 e. The number of likely N-dealkylation sites (tertiary alicyclic amines) is 1. The van der Waals surface area contributed by atoms with Gasteiger partial charge in [0.15, 0.2) is 0 Å². The first kappa shape index (κ1) is 18.3. The lowest BCUT2D eigenvalue weighted by Crippen LogP contribution is -2.24. The van der Waals surface area contributed by atoms with Crippen LogP contribution in [0, 0.1) is 17.0 Å². The summed E-state index contributed by atoms with van der Waals surface area (Å²) in [5.74, 6) is 0.991. The average Bonchev–Trinajstić information content (AvgIpc) is 3.29. The van der Waals surface area contributed by atoms with Crippen molar-refractivity contribution in [3.8, 4) is 11.4 Å². The Kier molecular flexibility index (Phi) is 4.89. The van der Waals surface area contributed by atoms with Crippen LogP contribution in [0.3, 0.4) is 0 Å². The fraction of sp³-hybridized carbons (Fsp3) is 0.300. The molecule has 0 aliphatic carbocycles. The molecular formula is C20H20N4O4. The summed E-state index contributed by atoms with van der Waals surface area (Å²) in [5.41, 5.74) is 2.97. The molecule has 1 aromatic heterocycles. The minimum atomic E-state index is -0.489. The summed E-state index contributed by atoms with van der Waals surface area (Å²) in [6.07, 6.45) is 0.0139. The number of nitro benzene ring substituents is 1. The van der Waals surface area contributed by atoms with Crippen LogP contribution in [-0.4, -0.2) is 37.7 Å². The summed E-state index contributed by atoms with van der Waals surface area (Å²) in [5, 5.41) is 25.1. The van der Waals surface area contributed by atoms with Crippen molar-refractivity contribution in [1.29, 1.82) is 0 Å². The SMILES string of the molecule is Cc1cccc(-c2noc([C@@H]3C[C@@H](O)CN3Cc3ccc([N+](=O)[O-])cc3)n2)c1. The maximum atomic E-state index is 10.8. The van der Waals surface area contributed by atoms with Crippen LogP contribution in [0.2, 0.25) is 0 Å². The van der Waals surface area contributed by atoms with Crippen LogP contribution in [0.4, 0.5) is 5.69 Å². The molecule has 0 bridgehead atoms. The first-order valence-corrected chi connectivity index (χ1v) is 9.05. The summed E-state index contributed by atoms with van der Waals surface area (Å²) in [6, 6.07) is 14.1. The molecule has 0 saturated carbocycles. The molecule has 2 heterocycles. The van der Waals surface area contributed by atoms with E-state index in [1.807, 2.05) is 31.2 Å². The highest BCUT2D eigenvalue weighted by molar-refractivity contribution is 5.55. The zero-order valence-corrected chi connectivity index (χ0v) is 15.4. The number of aliphatic hydroxyl groups is 1. The second-order valence-electron chi connectivity index (χ2n) is 7.08. The van der Waals surface area contributed by atoms with Crippen LogP contribution in [-0.2, 0) is 6.54 Å². The van der Waals surface area contributed by atoms with Gasteiger partial charge in [-0.25, -0.2) is 0 Å². The van der Waals surface area contributed by atoms with Crippen LogP contribution in [0.5, 0.6) is 0 Å². The second kappa shape index (κ2) is 7.49. The first-order chi connectivity index (χ1) is 13.5. The number of aryl methyl sites for hydroxylation is 1. The Hall–Kier alpha value is -3.10. The van der Waals surface area contributed by atoms with E-state index in [-0.39, 0.29) is 11.7 Å². The van der Waals surface area contributed by atoms with Crippen LogP contribution in [0.1, 0.15) is 29.5 Å². The van der Waals surface area contributed by atoms with Crippen molar-refractivity contribution in [3.63, 3.8) is 0 Å². The van der Waals surface area contributed by atoms with E-state index >= 15 is 0 Å². The third-order valence-electron chi connectivity index (χ3n) is 4.92. The van der Waals surface area contributed by atoms with E-state index in [0.29, 0.717) is 31.2 Å². The van der Waals surface area contributed by atoms with Crippen molar-refractivity contribution in [1.82, 2.24) is 15.0 Å². The lowest BCUT2D eigenvalue weighted by molar-refractivity contribution is -0.384. The number of aromatic nitrogens is 2.